The summed E-state index contributed by atoms with van der Waals surface area (Å²) in [7, 11) is 0. The van der Waals surface area contributed by atoms with Crippen molar-refractivity contribution in [1.82, 2.24) is 15.1 Å². The number of amides is 1. The highest BCUT2D eigenvalue weighted by atomic mass is 19.1. The van der Waals surface area contributed by atoms with E-state index < -0.39 is 23.3 Å². The standard InChI is InChI=1S/C21H21F2N3O2/c22-17-9-15(10-18(23)20(17)27)21(28)24-11-13-5-7-16(8-6-13)26-12-14-3-1-2-4-19(14)25-26/h1-4,9-10,12-13,16,27H,5-8,11H2,(H,24,28)/t13-,16-. The monoisotopic (exact) mass is 385 g/mol. The molecule has 7 heteroatoms. The van der Waals surface area contributed by atoms with Crippen LogP contribution < -0.4 is 5.32 Å². The van der Waals surface area contributed by atoms with Crippen molar-refractivity contribution in [3.05, 3.63) is 59.8 Å². The van der Waals surface area contributed by atoms with E-state index in [9.17, 15) is 13.6 Å². The number of benzene rings is 2. The van der Waals surface area contributed by atoms with Crippen LogP contribution in [0, 0.1) is 17.6 Å². The van der Waals surface area contributed by atoms with Crippen LogP contribution in [0.1, 0.15) is 42.1 Å². The van der Waals surface area contributed by atoms with Gasteiger partial charge in [-0.3, -0.25) is 9.48 Å². The van der Waals surface area contributed by atoms with E-state index in [-0.39, 0.29) is 5.56 Å². The third-order valence-corrected chi connectivity index (χ3v) is 5.45. The number of fused-ring (bicyclic) bond motifs is 1. The molecule has 0 aliphatic heterocycles. The van der Waals surface area contributed by atoms with Gasteiger partial charge in [-0.2, -0.15) is 5.10 Å². The molecule has 5 nitrogen and oxygen atoms in total. The number of phenols is 1. The van der Waals surface area contributed by atoms with Gasteiger partial charge in [0.25, 0.3) is 5.91 Å². The number of nitrogens with one attached hydrogen (secondary N) is 1. The average Bonchev–Trinajstić information content (AvgIpc) is 3.14. The first-order valence-corrected chi connectivity index (χ1v) is 9.41. The Balaban J connectivity index is 1.31. The largest absolute Gasteiger partial charge is 0.503 e. The molecule has 146 valence electrons. The SMILES string of the molecule is O=C(NC[C@H]1CC[C@H](n2cc3ccccc3n2)CC1)c1cc(F)c(O)c(F)c1. The van der Waals surface area contributed by atoms with Crippen LogP contribution in [-0.2, 0) is 0 Å². The number of phenolic OH excluding ortho intramolecular Hbond substituents is 1. The van der Waals surface area contributed by atoms with E-state index in [2.05, 4.69) is 22.7 Å². The topological polar surface area (TPSA) is 67.2 Å². The molecule has 4 rings (SSSR count). The summed E-state index contributed by atoms with van der Waals surface area (Å²) >= 11 is 0. The lowest BCUT2D eigenvalue weighted by Crippen LogP contribution is -2.31. The number of aromatic hydroxyl groups is 1. The van der Waals surface area contributed by atoms with E-state index in [1.807, 2.05) is 22.9 Å². The highest BCUT2D eigenvalue weighted by molar-refractivity contribution is 5.94. The predicted octanol–water partition coefficient (Wildman–Crippen LogP) is 4.18. The quantitative estimate of drug-likeness (QED) is 0.708. The lowest BCUT2D eigenvalue weighted by molar-refractivity contribution is 0.0940. The first kappa shape index (κ1) is 18.4. The van der Waals surface area contributed by atoms with Crippen molar-refractivity contribution in [2.45, 2.75) is 31.7 Å². The maximum atomic E-state index is 13.4. The zero-order valence-electron chi connectivity index (χ0n) is 15.2. The molecular weight excluding hydrogens is 364 g/mol. The summed E-state index contributed by atoms with van der Waals surface area (Å²) in [5.74, 6) is -3.58. The second-order valence-corrected chi connectivity index (χ2v) is 7.34. The Labute approximate surface area is 161 Å². The van der Waals surface area contributed by atoms with Crippen LogP contribution in [-0.4, -0.2) is 27.3 Å². The third kappa shape index (κ3) is 3.69. The average molecular weight is 385 g/mol. The highest BCUT2D eigenvalue weighted by Gasteiger charge is 2.24. The van der Waals surface area contributed by atoms with Crippen LogP contribution in [0.3, 0.4) is 0 Å². The van der Waals surface area contributed by atoms with Gasteiger partial charge in [-0.1, -0.05) is 18.2 Å². The van der Waals surface area contributed by atoms with Gasteiger partial charge in [0.1, 0.15) is 0 Å². The summed E-state index contributed by atoms with van der Waals surface area (Å²) in [5.41, 5.74) is 0.856. The molecule has 0 radical (unpaired) electrons. The molecule has 1 aromatic heterocycles. The van der Waals surface area contributed by atoms with Crippen LogP contribution >= 0.6 is 0 Å². The Bertz CT molecular complexity index is 954. The van der Waals surface area contributed by atoms with Gasteiger partial charge in [0.2, 0.25) is 0 Å². The molecule has 0 saturated heterocycles. The summed E-state index contributed by atoms with van der Waals surface area (Å²) < 4.78 is 28.8. The first-order chi connectivity index (χ1) is 13.5. The smallest absolute Gasteiger partial charge is 0.251 e. The van der Waals surface area contributed by atoms with Crippen molar-refractivity contribution in [2.75, 3.05) is 6.54 Å². The normalized spacial score (nSPS) is 19.6. The van der Waals surface area contributed by atoms with Crippen molar-refractivity contribution < 1.29 is 18.7 Å². The molecular formula is C21H21F2N3O2. The Morgan fingerprint density at radius 3 is 2.50 bits per heavy atom. The number of halogens is 2. The van der Waals surface area contributed by atoms with Gasteiger partial charge in [0, 0.05) is 23.7 Å². The number of rotatable bonds is 4. The zero-order valence-corrected chi connectivity index (χ0v) is 15.2. The van der Waals surface area contributed by atoms with Crippen LogP contribution in [0.15, 0.2) is 42.6 Å². The van der Waals surface area contributed by atoms with Crippen LogP contribution in [0.2, 0.25) is 0 Å². The molecule has 2 aromatic carbocycles. The Morgan fingerprint density at radius 1 is 1.14 bits per heavy atom. The first-order valence-electron chi connectivity index (χ1n) is 9.41. The fourth-order valence-electron chi connectivity index (χ4n) is 3.82. The molecule has 0 unspecified atom stereocenters. The van der Waals surface area contributed by atoms with Crippen molar-refractivity contribution >= 4 is 16.8 Å². The van der Waals surface area contributed by atoms with Crippen LogP contribution in [0.4, 0.5) is 8.78 Å². The number of hydrogen-bond acceptors (Lipinski definition) is 3. The van der Waals surface area contributed by atoms with Gasteiger partial charge < -0.3 is 10.4 Å². The lowest BCUT2D eigenvalue weighted by atomic mass is 9.86. The van der Waals surface area contributed by atoms with Gasteiger partial charge in [-0.05, 0) is 49.8 Å². The second-order valence-electron chi connectivity index (χ2n) is 7.34. The number of carbonyl (C=O) groups is 1. The molecule has 1 heterocycles. The number of aromatic nitrogens is 2. The highest BCUT2D eigenvalue weighted by Crippen LogP contribution is 2.32. The van der Waals surface area contributed by atoms with Crippen molar-refractivity contribution in [1.29, 1.82) is 0 Å². The van der Waals surface area contributed by atoms with E-state index >= 15 is 0 Å². The number of hydrogen-bond donors (Lipinski definition) is 2. The summed E-state index contributed by atoms with van der Waals surface area (Å²) in [6.07, 6.45) is 5.91. The molecule has 28 heavy (non-hydrogen) atoms. The van der Waals surface area contributed by atoms with E-state index in [1.54, 1.807) is 0 Å². The van der Waals surface area contributed by atoms with Crippen LogP contribution in [0.5, 0.6) is 5.75 Å². The molecule has 1 aliphatic carbocycles. The van der Waals surface area contributed by atoms with Crippen LogP contribution in [0.25, 0.3) is 10.9 Å². The second kappa shape index (κ2) is 7.58. The minimum absolute atomic E-state index is 0.135. The molecule has 1 amide bonds. The molecule has 1 fully saturated rings. The maximum absolute atomic E-state index is 13.4. The van der Waals surface area contributed by atoms with Gasteiger partial charge in [0.15, 0.2) is 17.4 Å². The van der Waals surface area contributed by atoms with Crippen molar-refractivity contribution in [3.63, 3.8) is 0 Å². The zero-order chi connectivity index (χ0) is 19.7. The van der Waals surface area contributed by atoms with Gasteiger partial charge in [-0.25, -0.2) is 8.78 Å². The molecule has 1 aliphatic rings. The Kier molecular flexibility index (Phi) is 4.98. The van der Waals surface area contributed by atoms with Gasteiger partial charge in [0.05, 0.1) is 11.6 Å². The van der Waals surface area contributed by atoms with Crippen molar-refractivity contribution in [2.24, 2.45) is 5.92 Å². The number of carbonyl (C=O) groups excluding carboxylic acids is 1. The summed E-state index contributed by atoms with van der Waals surface area (Å²) in [5, 5.41) is 17.6. The lowest BCUT2D eigenvalue weighted by Gasteiger charge is -2.28. The number of nitrogens with zero attached hydrogens (tertiary/aromatic N) is 2. The van der Waals surface area contributed by atoms with Gasteiger partial charge in [-0.15, -0.1) is 0 Å². The third-order valence-electron chi connectivity index (χ3n) is 5.45. The Morgan fingerprint density at radius 2 is 1.82 bits per heavy atom. The van der Waals surface area contributed by atoms with E-state index in [4.69, 9.17) is 5.11 Å². The molecule has 1 saturated carbocycles. The van der Waals surface area contributed by atoms with Gasteiger partial charge >= 0.3 is 0 Å². The maximum Gasteiger partial charge on any atom is 0.251 e. The molecule has 0 atom stereocenters. The van der Waals surface area contributed by atoms with E-state index in [1.165, 1.54) is 0 Å². The summed E-state index contributed by atoms with van der Waals surface area (Å²) in [6, 6.07) is 10.1. The fourth-order valence-corrected chi connectivity index (χ4v) is 3.82. The molecule has 3 aromatic rings. The summed E-state index contributed by atoms with van der Waals surface area (Å²) in [4.78, 5) is 12.1. The summed E-state index contributed by atoms with van der Waals surface area (Å²) in [6.45, 7) is 0.455. The van der Waals surface area contributed by atoms with Crippen molar-refractivity contribution in [3.8, 4) is 5.75 Å². The minimum atomic E-state index is -1.14. The minimum Gasteiger partial charge on any atom is -0.503 e. The molecule has 2 N–H and O–H groups in total. The molecule has 0 spiro atoms. The van der Waals surface area contributed by atoms with E-state index in [0.717, 1.165) is 48.7 Å². The van der Waals surface area contributed by atoms with E-state index in [0.29, 0.717) is 18.5 Å². The predicted molar refractivity (Wildman–Crippen MR) is 101 cm³/mol. The Hall–Kier alpha value is -2.96. The fraction of sp³-hybridized carbons (Fsp3) is 0.333. The molecule has 0 bridgehead atoms.